The molecule has 1 heterocycles. The quantitative estimate of drug-likeness (QED) is 0.564. The minimum absolute atomic E-state index is 0.176. The molecule has 1 aromatic heterocycles. The Bertz CT molecular complexity index is 257. The molecule has 0 saturated carbocycles. The van der Waals surface area contributed by atoms with Gasteiger partial charge in [0.1, 0.15) is 9.39 Å². The molecule has 0 atom stereocenters. The van der Waals surface area contributed by atoms with Gasteiger partial charge in [-0.2, -0.15) is 8.78 Å². The lowest BCUT2D eigenvalue weighted by Crippen LogP contribution is -2.09. The van der Waals surface area contributed by atoms with Crippen LogP contribution in [0.5, 0.6) is 0 Å². The maximum Gasteiger partial charge on any atom is 0.287 e. The Labute approximate surface area is 77.0 Å². The number of aromatic nitrogens is 1. The van der Waals surface area contributed by atoms with E-state index in [2.05, 4.69) is 4.98 Å². The fourth-order valence-electron chi connectivity index (χ4n) is 0.653. The molecular formula is C7H6F2IN. The molecule has 0 unspecified atom stereocenters. The minimum Gasteiger partial charge on any atom is -0.241 e. The van der Waals surface area contributed by atoms with Gasteiger partial charge in [-0.1, -0.05) is 6.07 Å². The highest BCUT2D eigenvalue weighted by atomic mass is 127. The summed E-state index contributed by atoms with van der Waals surface area (Å²) in [6, 6.07) is 4.57. The first kappa shape index (κ1) is 8.83. The van der Waals surface area contributed by atoms with Crippen LogP contribution in [0.2, 0.25) is 0 Å². The SMILES string of the molecule is CC(F)(F)c1cccc(I)n1. The van der Waals surface area contributed by atoms with Crippen molar-refractivity contribution in [3.05, 3.63) is 27.6 Å². The predicted octanol–water partition coefficient (Wildman–Crippen LogP) is 2.80. The van der Waals surface area contributed by atoms with Crippen molar-refractivity contribution in [2.45, 2.75) is 12.8 Å². The molecule has 0 fully saturated rings. The monoisotopic (exact) mass is 269 g/mol. The van der Waals surface area contributed by atoms with Crippen molar-refractivity contribution in [2.75, 3.05) is 0 Å². The van der Waals surface area contributed by atoms with E-state index in [1.165, 1.54) is 6.07 Å². The van der Waals surface area contributed by atoms with E-state index < -0.39 is 5.92 Å². The maximum absolute atomic E-state index is 12.6. The summed E-state index contributed by atoms with van der Waals surface area (Å²) in [5.41, 5.74) is -0.176. The highest BCUT2D eigenvalue weighted by Crippen LogP contribution is 2.24. The van der Waals surface area contributed by atoms with Crippen molar-refractivity contribution >= 4 is 22.6 Å². The van der Waals surface area contributed by atoms with Crippen LogP contribution in [0.3, 0.4) is 0 Å². The standard InChI is InChI=1S/C7H6F2IN/c1-7(8,9)5-3-2-4-6(10)11-5/h2-4H,1H3. The van der Waals surface area contributed by atoms with Gasteiger partial charge in [0.05, 0.1) is 0 Å². The first-order chi connectivity index (χ1) is 5.00. The van der Waals surface area contributed by atoms with E-state index in [4.69, 9.17) is 0 Å². The number of nitrogens with zero attached hydrogens (tertiary/aromatic N) is 1. The molecule has 0 aliphatic heterocycles. The minimum atomic E-state index is -2.83. The van der Waals surface area contributed by atoms with Crippen LogP contribution in [0.1, 0.15) is 12.6 Å². The molecular weight excluding hydrogens is 263 g/mol. The van der Waals surface area contributed by atoms with E-state index in [0.29, 0.717) is 3.70 Å². The van der Waals surface area contributed by atoms with Crippen LogP contribution < -0.4 is 0 Å². The smallest absolute Gasteiger partial charge is 0.241 e. The molecule has 11 heavy (non-hydrogen) atoms. The van der Waals surface area contributed by atoms with Crippen LogP contribution in [0.15, 0.2) is 18.2 Å². The third-order valence-electron chi connectivity index (χ3n) is 1.16. The van der Waals surface area contributed by atoms with Gasteiger partial charge >= 0.3 is 0 Å². The summed E-state index contributed by atoms with van der Waals surface area (Å²) in [4.78, 5) is 3.68. The summed E-state index contributed by atoms with van der Waals surface area (Å²) in [5.74, 6) is -2.83. The number of pyridine rings is 1. The van der Waals surface area contributed by atoms with Crippen LogP contribution >= 0.6 is 22.6 Å². The van der Waals surface area contributed by atoms with Crippen LogP contribution in [-0.2, 0) is 5.92 Å². The van der Waals surface area contributed by atoms with Crippen molar-refractivity contribution in [1.29, 1.82) is 0 Å². The van der Waals surface area contributed by atoms with Gasteiger partial charge in [0.15, 0.2) is 0 Å². The molecule has 0 aliphatic carbocycles. The van der Waals surface area contributed by atoms with Gasteiger partial charge in [0, 0.05) is 6.92 Å². The fraction of sp³-hybridized carbons (Fsp3) is 0.286. The van der Waals surface area contributed by atoms with E-state index in [9.17, 15) is 8.78 Å². The van der Waals surface area contributed by atoms with Crippen molar-refractivity contribution in [1.82, 2.24) is 4.98 Å². The molecule has 1 aromatic rings. The number of rotatable bonds is 1. The van der Waals surface area contributed by atoms with Crippen molar-refractivity contribution in [3.63, 3.8) is 0 Å². The zero-order valence-corrected chi connectivity index (χ0v) is 7.97. The normalized spacial score (nSPS) is 11.6. The number of hydrogen-bond donors (Lipinski definition) is 0. The Morgan fingerprint density at radius 2 is 2.09 bits per heavy atom. The van der Waals surface area contributed by atoms with Gasteiger partial charge in [0.2, 0.25) is 0 Å². The van der Waals surface area contributed by atoms with Crippen molar-refractivity contribution in [3.8, 4) is 0 Å². The molecule has 1 rings (SSSR count). The third-order valence-corrected chi connectivity index (χ3v) is 1.77. The maximum atomic E-state index is 12.6. The van der Waals surface area contributed by atoms with Gasteiger partial charge in [0.25, 0.3) is 5.92 Å². The van der Waals surface area contributed by atoms with Gasteiger partial charge in [-0.3, -0.25) is 0 Å². The summed E-state index contributed by atoms with van der Waals surface area (Å²) < 4.78 is 25.7. The summed E-state index contributed by atoms with van der Waals surface area (Å²) in [6.45, 7) is 0.839. The lowest BCUT2D eigenvalue weighted by Gasteiger charge is -2.08. The predicted molar refractivity (Wildman–Crippen MR) is 46.5 cm³/mol. The summed E-state index contributed by atoms with van der Waals surface area (Å²) >= 11 is 1.90. The second-order valence-electron chi connectivity index (χ2n) is 2.23. The van der Waals surface area contributed by atoms with Crippen LogP contribution in [0.25, 0.3) is 0 Å². The van der Waals surface area contributed by atoms with Gasteiger partial charge in [-0.15, -0.1) is 0 Å². The fourth-order valence-corrected chi connectivity index (χ4v) is 1.12. The molecule has 0 aromatic carbocycles. The second kappa shape index (κ2) is 3.00. The zero-order valence-electron chi connectivity index (χ0n) is 5.81. The summed E-state index contributed by atoms with van der Waals surface area (Å²) in [7, 11) is 0. The van der Waals surface area contributed by atoms with Crippen LogP contribution in [0.4, 0.5) is 8.78 Å². The largest absolute Gasteiger partial charge is 0.287 e. The first-order valence-corrected chi connectivity index (χ1v) is 4.09. The van der Waals surface area contributed by atoms with Crippen molar-refractivity contribution in [2.24, 2.45) is 0 Å². The van der Waals surface area contributed by atoms with E-state index in [0.717, 1.165) is 6.92 Å². The molecule has 4 heteroatoms. The van der Waals surface area contributed by atoms with Crippen LogP contribution in [-0.4, -0.2) is 4.98 Å². The molecule has 0 amide bonds. The Morgan fingerprint density at radius 3 is 2.45 bits per heavy atom. The Morgan fingerprint density at radius 1 is 1.45 bits per heavy atom. The molecule has 0 bridgehead atoms. The number of hydrogen-bond acceptors (Lipinski definition) is 1. The lowest BCUT2D eigenvalue weighted by atomic mass is 10.2. The number of alkyl halides is 2. The van der Waals surface area contributed by atoms with Crippen molar-refractivity contribution < 1.29 is 8.78 Å². The van der Waals surface area contributed by atoms with Gasteiger partial charge in [-0.25, -0.2) is 4.98 Å². The highest BCUT2D eigenvalue weighted by Gasteiger charge is 2.25. The third kappa shape index (κ3) is 2.36. The lowest BCUT2D eigenvalue weighted by molar-refractivity contribution is 0.0126. The summed E-state index contributed by atoms with van der Waals surface area (Å²) in [5, 5.41) is 0. The summed E-state index contributed by atoms with van der Waals surface area (Å²) in [6.07, 6.45) is 0. The Hall–Kier alpha value is -0.260. The van der Waals surface area contributed by atoms with E-state index >= 15 is 0 Å². The Balaban J connectivity index is 3.06. The van der Waals surface area contributed by atoms with Gasteiger partial charge in [-0.05, 0) is 34.7 Å². The molecule has 0 radical (unpaired) electrons. The molecule has 60 valence electrons. The van der Waals surface area contributed by atoms with Gasteiger partial charge < -0.3 is 0 Å². The molecule has 1 nitrogen and oxygen atoms in total. The van der Waals surface area contributed by atoms with E-state index in [-0.39, 0.29) is 5.69 Å². The molecule has 0 spiro atoms. The average Bonchev–Trinajstić information content (AvgIpc) is 1.86. The topological polar surface area (TPSA) is 12.9 Å². The zero-order chi connectivity index (χ0) is 8.48. The number of halogens is 3. The Kier molecular flexibility index (Phi) is 2.41. The molecule has 0 saturated heterocycles. The van der Waals surface area contributed by atoms with Crippen LogP contribution in [0, 0.1) is 3.70 Å². The highest BCUT2D eigenvalue weighted by molar-refractivity contribution is 14.1. The first-order valence-electron chi connectivity index (χ1n) is 3.01. The second-order valence-corrected chi connectivity index (χ2v) is 3.34. The van der Waals surface area contributed by atoms with E-state index in [1.807, 2.05) is 22.6 Å². The van der Waals surface area contributed by atoms with E-state index in [1.54, 1.807) is 12.1 Å². The molecule has 0 N–H and O–H groups in total. The molecule has 0 aliphatic rings. The average molecular weight is 269 g/mol.